The quantitative estimate of drug-likeness (QED) is 0.784. The first-order valence-electron chi connectivity index (χ1n) is 5.68. The van der Waals surface area contributed by atoms with E-state index in [1.165, 1.54) is 0 Å². The number of rotatable bonds is 2. The Morgan fingerprint density at radius 2 is 1.91 bits per heavy atom. The molecular formula is C12H7ClF3N3O3. The summed E-state index contributed by atoms with van der Waals surface area (Å²) in [4.78, 5) is 38.0. The molecule has 1 heterocycles. The third kappa shape index (κ3) is 3.37. The molecule has 0 fully saturated rings. The van der Waals surface area contributed by atoms with E-state index in [0.29, 0.717) is 6.07 Å². The Balaban J connectivity index is 2.41. The Bertz CT molecular complexity index is 842. The summed E-state index contributed by atoms with van der Waals surface area (Å²) in [5, 5.41) is 1.80. The highest BCUT2D eigenvalue weighted by atomic mass is 35.5. The molecule has 0 radical (unpaired) electrons. The summed E-state index contributed by atoms with van der Waals surface area (Å²) in [6.45, 7) is 0. The molecule has 0 aliphatic carbocycles. The Morgan fingerprint density at radius 3 is 2.50 bits per heavy atom. The summed E-state index contributed by atoms with van der Waals surface area (Å²) in [5.41, 5.74) is -4.13. The number of alkyl halides is 3. The van der Waals surface area contributed by atoms with Gasteiger partial charge in [0.15, 0.2) is 0 Å². The van der Waals surface area contributed by atoms with E-state index in [1.54, 1.807) is 4.98 Å². The predicted octanol–water partition coefficient (Wildman–Crippen LogP) is 1.99. The average molecular weight is 334 g/mol. The highest BCUT2D eigenvalue weighted by Gasteiger charge is 2.34. The van der Waals surface area contributed by atoms with E-state index in [9.17, 15) is 27.6 Å². The number of nitrogens with one attached hydrogen (secondary N) is 3. The van der Waals surface area contributed by atoms with Crippen molar-refractivity contribution in [1.82, 2.24) is 9.97 Å². The van der Waals surface area contributed by atoms with Crippen molar-refractivity contribution < 1.29 is 18.0 Å². The van der Waals surface area contributed by atoms with Crippen LogP contribution in [-0.2, 0) is 6.18 Å². The molecule has 3 N–H and O–H groups in total. The van der Waals surface area contributed by atoms with Gasteiger partial charge in [-0.15, -0.1) is 0 Å². The molecule has 2 aromatic rings. The molecule has 0 unspecified atom stereocenters. The van der Waals surface area contributed by atoms with E-state index in [4.69, 9.17) is 11.6 Å². The first-order valence-corrected chi connectivity index (χ1v) is 6.06. The largest absolute Gasteiger partial charge is 0.418 e. The van der Waals surface area contributed by atoms with Gasteiger partial charge in [-0.25, -0.2) is 4.79 Å². The summed E-state index contributed by atoms with van der Waals surface area (Å²) in [5.74, 6) is -1.11. The van der Waals surface area contributed by atoms with Gasteiger partial charge in [0.05, 0.1) is 11.3 Å². The van der Waals surface area contributed by atoms with E-state index < -0.39 is 40.1 Å². The van der Waals surface area contributed by atoms with Gasteiger partial charge < -0.3 is 10.3 Å². The van der Waals surface area contributed by atoms with Crippen LogP contribution in [0.3, 0.4) is 0 Å². The van der Waals surface area contributed by atoms with E-state index in [1.807, 2.05) is 10.3 Å². The number of carbonyl (C=O) groups is 1. The SMILES string of the molecule is O=C(Nc1ccc(Cl)cc1C(F)(F)F)c1c[nH]c(=O)[nH]c1=O. The lowest BCUT2D eigenvalue weighted by atomic mass is 10.1. The minimum atomic E-state index is -4.75. The van der Waals surface area contributed by atoms with Crippen molar-refractivity contribution in [3.8, 4) is 0 Å². The minimum Gasteiger partial charge on any atom is -0.321 e. The van der Waals surface area contributed by atoms with Crippen LogP contribution in [0.5, 0.6) is 0 Å². The number of H-pyrrole nitrogens is 2. The van der Waals surface area contributed by atoms with Gasteiger partial charge in [-0.2, -0.15) is 13.2 Å². The van der Waals surface area contributed by atoms with Gasteiger partial charge in [-0.05, 0) is 18.2 Å². The summed E-state index contributed by atoms with van der Waals surface area (Å²) >= 11 is 5.51. The number of carbonyl (C=O) groups excluding carboxylic acids is 1. The van der Waals surface area contributed by atoms with Crippen molar-refractivity contribution in [2.24, 2.45) is 0 Å². The molecule has 0 atom stereocenters. The minimum absolute atomic E-state index is 0.160. The molecule has 6 nitrogen and oxygen atoms in total. The number of hydrogen-bond donors (Lipinski definition) is 3. The molecule has 116 valence electrons. The van der Waals surface area contributed by atoms with Crippen LogP contribution in [0.1, 0.15) is 15.9 Å². The first-order chi connectivity index (χ1) is 10.2. The average Bonchev–Trinajstić information content (AvgIpc) is 2.39. The summed E-state index contributed by atoms with van der Waals surface area (Å²) < 4.78 is 38.7. The molecule has 10 heteroatoms. The van der Waals surface area contributed by atoms with Crippen LogP contribution in [0.2, 0.25) is 5.02 Å². The number of benzene rings is 1. The topological polar surface area (TPSA) is 94.8 Å². The van der Waals surface area contributed by atoms with Crippen LogP contribution in [0, 0.1) is 0 Å². The lowest BCUT2D eigenvalue weighted by Crippen LogP contribution is -2.30. The Kier molecular flexibility index (Phi) is 4.09. The Labute approximate surface area is 124 Å². The maximum absolute atomic E-state index is 12.9. The second-order valence-electron chi connectivity index (χ2n) is 4.13. The molecule has 0 aliphatic heterocycles. The van der Waals surface area contributed by atoms with Gasteiger partial charge >= 0.3 is 11.9 Å². The summed E-state index contributed by atoms with van der Waals surface area (Å²) in [6.07, 6.45) is -3.94. The highest BCUT2D eigenvalue weighted by molar-refractivity contribution is 6.30. The Hall–Kier alpha value is -2.55. The molecule has 2 rings (SSSR count). The zero-order chi connectivity index (χ0) is 16.5. The Morgan fingerprint density at radius 1 is 1.23 bits per heavy atom. The number of hydrogen-bond acceptors (Lipinski definition) is 3. The van der Waals surface area contributed by atoms with Gasteiger partial charge in [0.25, 0.3) is 11.5 Å². The zero-order valence-electron chi connectivity index (χ0n) is 10.5. The van der Waals surface area contributed by atoms with Crippen molar-refractivity contribution in [3.05, 3.63) is 61.4 Å². The van der Waals surface area contributed by atoms with Crippen LogP contribution >= 0.6 is 11.6 Å². The van der Waals surface area contributed by atoms with Crippen LogP contribution < -0.4 is 16.6 Å². The summed E-state index contributed by atoms with van der Waals surface area (Å²) in [6, 6.07) is 2.76. The molecule has 1 aromatic carbocycles. The maximum atomic E-state index is 12.9. The smallest absolute Gasteiger partial charge is 0.321 e. The number of aromatic nitrogens is 2. The number of amides is 1. The van der Waals surface area contributed by atoms with Gasteiger partial charge in [0.1, 0.15) is 5.56 Å². The van der Waals surface area contributed by atoms with Crippen molar-refractivity contribution in [1.29, 1.82) is 0 Å². The second kappa shape index (κ2) is 5.68. The number of halogens is 4. The van der Waals surface area contributed by atoms with E-state index >= 15 is 0 Å². The van der Waals surface area contributed by atoms with Crippen LogP contribution in [0.15, 0.2) is 34.0 Å². The first kappa shape index (κ1) is 15.8. The van der Waals surface area contributed by atoms with Crippen LogP contribution in [0.25, 0.3) is 0 Å². The van der Waals surface area contributed by atoms with Crippen molar-refractivity contribution in [2.75, 3.05) is 5.32 Å². The van der Waals surface area contributed by atoms with E-state index in [2.05, 4.69) is 0 Å². The third-order valence-electron chi connectivity index (χ3n) is 2.60. The van der Waals surface area contributed by atoms with E-state index in [0.717, 1.165) is 18.3 Å². The zero-order valence-corrected chi connectivity index (χ0v) is 11.3. The van der Waals surface area contributed by atoms with Gasteiger partial charge in [0, 0.05) is 11.2 Å². The van der Waals surface area contributed by atoms with Crippen LogP contribution in [0.4, 0.5) is 18.9 Å². The van der Waals surface area contributed by atoms with Crippen molar-refractivity contribution in [3.63, 3.8) is 0 Å². The molecule has 1 aromatic heterocycles. The normalized spacial score (nSPS) is 11.3. The molecule has 0 saturated carbocycles. The van der Waals surface area contributed by atoms with E-state index in [-0.39, 0.29) is 5.02 Å². The second-order valence-corrected chi connectivity index (χ2v) is 4.56. The van der Waals surface area contributed by atoms with Crippen molar-refractivity contribution >= 4 is 23.2 Å². The fourth-order valence-electron chi connectivity index (χ4n) is 1.63. The van der Waals surface area contributed by atoms with Gasteiger partial charge in [0.2, 0.25) is 0 Å². The molecule has 22 heavy (non-hydrogen) atoms. The fraction of sp³-hybridized carbons (Fsp3) is 0.0833. The maximum Gasteiger partial charge on any atom is 0.418 e. The molecule has 0 saturated heterocycles. The lowest BCUT2D eigenvalue weighted by Gasteiger charge is -2.13. The third-order valence-corrected chi connectivity index (χ3v) is 2.83. The lowest BCUT2D eigenvalue weighted by molar-refractivity contribution is -0.136. The molecule has 0 aliphatic rings. The molecule has 1 amide bonds. The number of anilines is 1. The van der Waals surface area contributed by atoms with Crippen molar-refractivity contribution in [2.45, 2.75) is 6.18 Å². The molecule has 0 spiro atoms. The molecule has 0 bridgehead atoms. The monoisotopic (exact) mass is 333 g/mol. The highest BCUT2D eigenvalue weighted by Crippen LogP contribution is 2.36. The summed E-state index contributed by atoms with van der Waals surface area (Å²) in [7, 11) is 0. The number of aromatic amines is 2. The van der Waals surface area contributed by atoms with Gasteiger partial charge in [-0.3, -0.25) is 14.6 Å². The molecular weight excluding hydrogens is 327 g/mol. The van der Waals surface area contributed by atoms with Crippen LogP contribution in [-0.4, -0.2) is 15.9 Å². The standard InChI is InChI=1S/C12H7ClF3N3O3/c13-5-1-2-8(7(3-5)12(14,15)16)18-9(20)6-4-17-11(22)19-10(6)21/h1-4H,(H,18,20)(H2,17,19,21,22). The fourth-order valence-corrected chi connectivity index (χ4v) is 1.80. The predicted molar refractivity (Wildman–Crippen MR) is 72.1 cm³/mol. The van der Waals surface area contributed by atoms with Gasteiger partial charge in [-0.1, -0.05) is 11.6 Å².